The molecule has 3 rings (SSSR count). The lowest BCUT2D eigenvalue weighted by Crippen LogP contribution is -1.99. The fourth-order valence-electron chi connectivity index (χ4n) is 1.73. The van der Waals surface area contributed by atoms with Crippen LogP contribution in [0.15, 0.2) is 52.3 Å². The van der Waals surface area contributed by atoms with Gasteiger partial charge in [0, 0.05) is 15.2 Å². The molecule has 0 amide bonds. The highest BCUT2D eigenvalue weighted by Crippen LogP contribution is 2.43. The summed E-state index contributed by atoms with van der Waals surface area (Å²) >= 11 is 6.73. The zero-order valence-electron chi connectivity index (χ0n) is 8.44. The molecule has 1 aliphatic heterocycles. The Morgan fingerprint density at radius 1 is 1.00 bits per heavy atom. The van der Waals surface area contributed by atoms with Crippen LogP contribution in [0.5, 0.6) is 0 Å². The minimum absolute atomic E-state index is 1.07. The number of benzene rings is 2. The van der Waals surface area contributed by atoms with Crippen molar-refractivity contribution in [1.82, 2.24) is 0 Å². The van der Waals surface area contributed by atoms with Crippen molar-refractivity contribution in [2.24, 2.45) is 0 Å². The number of thiocarbonyl (C=S) groups is 1. The van der Waals surface area contributed by atoms with Crippen molar-refractivity contribution in [1.29, 1.82) is 0 Å². The topological polar surface area (TPSA) is 12.0 Å². The summed E-state index contributed by atoms with van der Waals surface area (Å²) in [5, 5.41) is 5.13. The SMILES string of the molecule is S=Cc1ccc2c(c1)Nc1ccccc1S2. The van der Waals surface area contributed by atoms with E-state index in [4.69, 9.17) is 12.2 Å². The summed E-state index contributed by atoms with van der Waals surface area (Å²) in [6.07, 6.45) is 0. The van der Waals surface area contributed by atoms with Crippen molar-refractivity contribution in [3.05, 3.63) is 48.0 Å². The molecule has 1 aliphatic rings. The molecular formula is C13H9NS2. The van der Waals surface area contributed by atoms with E-state index in [-0.39, 0.29) is 0 Å². The second kappa shape index (κ2) is 3.92. The minimum atomic E-state index is 1.07. The van der Waals surface area contributed by atoms with Crippen LogP contribution in [0, 0.1) is 0 Å². The van der Waals surface area contributed by atoms with E-state index < -0.39 is 0 Å². The van der Waals surface area contributed by atoms with Crippen molar-refractivity contribution in [3.8, 4) is 0 Å². The van der Waals surface area contributed by atoms with Crippen LogP contribution >= 0.6 is 24.0 Å². The Balaban J connectivity index is 2.08. The summed E-state index contributed by atoms with van der Waals surface area (Å²) in [5.41, 5.74) is 3.38. The van der Waals surface area contributed by atoms with Gasteiger partial charge >= 0.3 is 0 Å². The van der Waals surface area contributed by atoms with Gasteiger partial charge < -0.3 is 5.32 Å². The summed E-state index contributed by atoms with van der Waals surface area (Å²) in [6.45, 7) is 0. The average Bonchev–Trinajstić information content (AvgIpc) is 2.35. The summed E-state index contributed by atoms with van der Waals surface area (Å²) in [7, 11) is 0. The van der Waals surface area contributed by atoms with E-state index in [0.29, 0.717) is 0 Å². The van der Waals surface area contributed by atoms with Gasteiger partial charge in [-0.3, -0.25) is 0 Å². The highest BCUT2D eigenvalue weighted by atomic mass is 32.2. The Labute approximate surface area is 104 Å². The second-order valence-electron chi connectivity index (χ2n) is 3.60. The number of nitrogens with one attached hydrogen (secondary N) is 1. The average molecular weight is 243 g/mol. The van der Waals surface area contributed by atoms with Gasteiger partial charge in [-0.05, 0) is 29.8 Å². The monoisotopic (exact) mass is 243 g/mol. The molecular weight excluding hydrogens is 234 g/mol. The van der Waals surface area contributed by atoms with Crippen molar-refractivity contribution in [3.63, 3.8) is 0 Å². The zero-order valence-corrected chi connectivity index (χ0v) is 10.1. The third kappa shape index (κ3) is 1.62. The van der Waals surface area contributed by atoms with Gasteiger partial charge in [0.05, 0.1) is 11.4 Å². The van der Waals surface area contributed by atoms with Crippen molar-refractivity contribution in [2.75, 3.05) is 5.32 Å². The molecule has 0 saturated heterocycles. The number of para-hydroxylation sites is 1. The molecule has 3 heteroatoms. The van der Waals surface area contributed by atoms with Gasteiger partial charge in [0.15, 0.2) is 0 Å². The van der Waals surface area contributed by atoms with Gasteiger partial charge in [-0.25, -0.2) is 0 Å². The molecule has 2 aromatic rings. The fraction of sp³-hybridized carbons (Fsp3) is 0. The number of anilines is 2. The quantitative estimate of drug-likeness (QED) is 0.642. The largest absolute Gasteiger partial charge is 0.354 e. The third-order valence-electron chi connectivity index (χ3n) is 2.52. The lowest BCUT2D eigenvalue weighted by Gasteiger charge is -2.20. The van der Waals surface area contributed by atoms with Crippen LogP contribution in [-0.4, -0.2) is 5.37 Å². The lowest BCUT2D eigenvalue weighted by atomic mass is 10.2. The van der Waals surface area contributed by atoms with Crippen molar-refractivity contribution < 1.29 is 0 Å². The summed E-state index contributed by atoms with van der Waals surface area (Å²) < 4.78 is 0. The van der Waals surface area contributed by atoms with Crippen LogP contribution in [0.3, 0.4) is 0 Å². The highest BCUT2D eigenvalue weighted by Gasteiger charge is 2.14. The van der Waals surface area contributed by atoms with Crippen LogP contribution in [0.1, 0.15) is 5.56 Å². The van der Waals surface area contributed by atoms with Gasteiger partial charge in [-0.2, -0.15) is 0 Å². The van der Waals surface area contributed by atoms with E-state index in [1.54, 1.807) is 17.1 Å². The molecule has 0 saturated carbocycles. The first-order chi connectivity index (χ1) is 7.86. The van der Waals surface area contributed by atoms with Crippen molar-refractivity contribution >= 4 is 40.7 Å². The molecule has 2 aromatic carbocycles. The Bertz CT molecular complexity index is 564. The number of rotatable bonds is 1. The molecule has 0 spiro atoms. The Hall–Kier alpha value is -1.32. The Morgan fingerprint density at radius 3 is 2.69 bits per heavy atom. The zero-order chi connectivity index (χ0) is 11.0. The predicted octanol–water partition coefficient (Wildman–Crippen LogP) is 4.24. The molecule has 1 nitrogen and oxygen atoms in total. The first-order valence-electron chi connectivity index (χ1n) is 5.00. The summed E-state index contributed by atoms with van der Waals surface area (Å²) in [5.74, 6) is 0. The number of fused-ring (bicyclic) bond motifs is 2. The number of hydrogen-bond donors (Lipinski definition) is 1. The van der Waals surface area contributed by atoms with Crippen LogP contribution in [-0.2, 0) is 0 Å². The maximum absolute atomic E-state index is 4.94. The van der Waals surface area contributed by atoms with Gasteiger partial charge in [0.25, 0.3) is 0 Å². The van der Waals surface area contributed by atoms with E-state index in [1.807, 2.05) is 6.07 Å². The van der Waals surface area contributed by atoms with Crippen LogP contribution in [0.2, 0.25) is 0 Å². The van der Waals surface area contributed by atoms with Gasteiger partial charge in [-0.15, -0.1) is 0 Å². The minimum Gasteiger partial charge on any atom is -0.354 e. The lowest BCUT2D eigenvalue weighted by molar-refractivity contribution is 1.31. The molecule has 0 aliphatic carbocycles. The molecule has 78 valence electrons. The third-order valence-corrected chi connectivity index (χ3v) is 3.94. The molecule has 0 unspecified atom stereocenters. The van der Waals surface area contributed by atoms with E-state index >= 15 is 0 Å². The molecule has 1 heterocycles. The predicted molar refractivity (Wildman–Crippen MR) is 73.0 cm³/mol. The molecule has 0 fully saturated rings. The maximum Gasteiger partial charge on any atom is 0.0532 e. The van der Waals surface area contributed by atoms with Gasteiger partial charge in [0.2, 0.25) is 0 Å². The molecule has 0 radical (unpaired) electrons. The molecule has 0 atom stereocenters. The van der Waals surface area contributed by atoms with Crippen molar-refractivity contribution in [2.45, 2.75) is 9.79 Å². The van der Waals surface area contributed by atoms with Gasteiger partial charge in [0.1, 0.15) is 0 Å². The summed E-state index contributed by atoms with van der Waals surface area (Å²) in [6, 6.07) is 14.6. The standard InChI is InChI=1S/C13H9NS2/c15-8-9-5-6-13-11(7-9)14-10-3-1-2-4-12(10)16-13/h1-8,14H. The second-order valence-corrected chi connectivity index (χ2v) is 4.92. The summed E-state index contributed by atoms with van der Waals surface area (Å²) in [4.78, 5) is 2.52. The Morgan fingerprint density at radius 2 is 1.81 bits per heavy atom. The molecule has 16 heavy (non-hydrogen) atoms. The number of hydrogen-bond acceptors (Lipinski definition) is 3. The van der Waals surface area contributed by atoms with E-state index in [1.165, 1.54) is 15.5 Å². The van der Waals surface area contributed by atoms with Gasteiger partial charge in [-0.1, -0.05) is 42.2 Å². The fourth-order valence-corrected chi connectivity index (χ4v) is 2.85. The molecule has 1 N–H and O–H groups in total. The Kier molecular flexibility index (Phi) is 2.42. The van der Waals surface area contributed by atoms with Crippen LogP contribution in [0.4, 0.5) is 11.4 Å². The van der Waals surface area contributed by atoms with Crippen LogP contribution < -0.4 is 5.32 Å². The highest BCUT2D eigenvalue weighted by molar-refractivity contribution is 7.99. The van der Waals surface area contributed by atoms with E-state index in [2.05, 4.69) is 41.7 Å². The van der Waals surface area contributed by atoms with E-state index in [0.717, 1.165) is 11.3 Å². The normalized spacial score (nSPS) is 12.2. The molecule has 0 aromatic heterocycles. The van der Waals surface area contributed by atoms with E-state index in [9.17, 15) is 0 Å². The molecule has 0 bridgehead atoms. The van der Waals surface area contributed by atoms with Crippen LogP contribution in [0.25, 0.3) is 0 Å². The first kappa shape index (κ1) is 9.87. The maximum atomic E-state index is 4.94. The smallest absolute Gasteiger partial charge is 0.0532 e. The first-order valence-corrected chi connectivity index (χ1v) is 6.29.